The molecule has 0 saturated heterocycles. The third kappa shape index (κ3) is 2.91. The van der Waals surface area contributed by atoms with Crippen molar-refractivity contribution in [3.05, 3.63) is 131 Å². The van der Waals surface area contributed by atoms with E-state index in [1.165, 1.54) is 21.2 Å². The summed E-state index contributed by atoms with van der Waals surface area (Å²) in [5.74, 6) is 0.914. The minimum atomic E-state index is -0.662. The number of hydrogen-bond donors (Lipinski definition) is 0. The second-order valence-corrected chi connectivity index (χ2v) is 8.71. The zero-order valence-electron chi connectivity index (χ0n) is 16.9. The topological polar surface area (TPSA) is 9.23 Å². The normalized spacial score (nSPS) is 14.2. The predicted molar refractivity (Wildman–Crippen MR) is 131 cm³/mol. The zero-order valence-corrected chi connectivity index (χ0v) is 17.7. The van der Waals surface area contributed by atoms with Gasteiger partial charge in [0.25, 0.3) is 0 Å². The molecule has 148 valence electrons. The first-order valence-electron chi connectivity index (χ1n) is 10.4. The lowest BCUT2D eigenvalue weighted by atomic mass is 9.83. The van der Waals surface area contributed by atoms with Crippen molar-refractivity contribution >= 4 is 28.2 Å². The summed E-state index contributed by atoms with van der Waals surface area (Å²) in [4.78, 5) is 1.25. The molecule has 0 fully saturated rings. The van der Waals surface area contributed by atoms with E-state index in [0.29, 0.717) is 0 Å². The summed E-state index contributed by atoms with van der Waals surface area (Å²) in [6, 6.07) is 36.1. The summed E-state index contributed by atoms with van der Waals surface area (Å²) in [7, 11) is 0. The number of fused-ring (bicyclic) bond motifs is 3. The minimum Gasteiger partial charge on any atom is -0.473 e. The minimum absolute atomic E-state index is 0.662. The van der Waals surface area contributed by atoms with Crippen molar-refractivity contribution < 1.29 is 4.74 Å². The van der Waals surface area contributed by atoms with E-state index in [1.807, 2.05) is 12.1 Å². The Hall–Kier alpha value is -3.62. The molecule has 0 saturated carbocycles. The molecular weight excluding hydrogens is 396 g/mol. The van der Waals surface area contributed by atoms with Crippen molar-refractivity contribution in [3.8, 4) is 16.2 Å². The van der Waals surface area contributed by atoms with E-state index >= 15 is 0 Å². The molecule has 0 aliphatic carbocycles. The van der Waals surface area contributed by atoms with Gasteiger partial charge < -0.3 is 4.74 Å². The molecule has 0 radical (unpaired) electrons. The van der Waals surface area contributed by atoms with Crippen molar-refractivity contribution in [2.75, 3.05) is 0 Å². The van der Waals surface area contributed by atoms with Crippen LogP contribution in [0, 0.1) is 0 Å². The third-order valence-corrected chi connectivity index (χ3v) is 6.90. The molecule has 0 N–H and O–H groups in total. The van der Waals surface area contributed by atoms with Crippen molar-refractivity contribution in [2.24, 2.45) is 0 Å². The van der Waals surface area contributed by atoms with Crippen molar-refractivity contribution in [1.82, 2.24) is 0 Å². The Kier molecular flexibility index (Phi) is 4.26. The lowest BCUT2D eigenvalue weighted by Crippen LogP contribution is -2.34. The Balaban J connectivity index is 1.62. The van der Waals surface area contributed by atoms with Crippen LogP contribution in [-0.4, -0.2) is 0 Å². The second kappa shape index (κ2) is 7.26. The van der Waals surface area contributed by atoms with Crippen LogP contribution in [0.1, 0.15) is 16.7 Å². The zero-order chi connectivity index (χ0) is 20.7. The quantitative estimate of drug-likeness (QED) is 0.290. The Morgan fingerprint density at radius 3 is 1.94 bits per heavy atom. The maximum atomic E-state index is 6.96. The molecule has 1 aromatic heterocycles. The van der Waals surface area contributed by atoms with E-state index in [1.54, 1.807) is 11.3 Å². The van der Waals surface area contributed by atoms with E-state index in [4.69, 9.17) is 4.74 Å². The molecule has 5 aromatic rings. The van der Waals surface area contributed by atoms with Crippen LogP contribution >= 0.6 is 11.3 Å². The van der Waals surface area contributed by atoms with E-state index in [0.717, 1.165) is 22.4 Å². The summed E-state index contributed by atoms with van der Waals surface area (Å²) in [6.07, 6.45) is 4.44. The Bertz CT molecular complexity index is 1340. The summed E-state index contributed by atoms with van der Waals surface area (Å²) < 4.78 is 6.96. The highest BCUT2D eigenvalue weighted by Crippen LogP contribution is 2.47. The van der Waals surface area contributed by atoms with E-state index in [-0.39, 0.29) is 0 Å². The summed E-state index contributed by atoms with van der Waals surface area (Å²) >= 11 is 1.76. The van der Waals surface area contributed by atoms with Crippen molar-refractivity contribution in [2.45, 2.75) is 5.60 Å². The molecule has 1 nitrogen and oxygen atoms in total. The molecular formula is C29H20OS. The fraction of sp³-hybridized carbons (Fsp3) is 0.0345. The Morgan fingerprint density at radius 2 is 1.29 bits per heavy atom. The van der Waals surface area contributed by atoms with Gasteiger partial charge in [-0.05, 0) is 40.4 Å². The maximum absolute atomic E-state index is 6.96. The van der Waals surface area contributed by atoms with Gasteiger partial charge in [-0.1, -0.05) is 91.0 Å². The number of ether oxygens (including phenoxy) is 1. The average molecular weight is 417 g/mol. The summed E-state index contributed by atoms with van der Waals surface area (Å²) in [5, 5.41) is 4.60. The standard InChI is InChI=1S/C29H20OS/c1-3-10-21(11-4-1)29(22-12-5-2-6-13-22)18-17-25-23-14-7-8-15-24(23)26(20-27(25)30-29)28-16-9-19-31-28/h1-20H. The second-order valence-electron chi connectivity index (χ2n) is 7.76. The molecule has 0 atom stereocenters. The Morgan fingerprint density at radius 1 is 0.645 bits per heavy atom. The summed E-state index contributed by atoms with van der Waals surface area (Å²) in [6.45, 7) is 0. The van der Waals surface area contributed by atoms with Gasteiger partial charge in [-0.15, -0.1) is 11.3 Å². The third-order valence-electron chi connectivity index (χ3n) is 6.00. The molecule has 1 aliphatic heterocycles. The molecule has 0 spiro atoms. The van der Waals surface area contributed by atoms with Gasteiger partial charge in [0.15, 0.2) is 5.60 Å². The van der Waals surface area contributed by atoms with Gasteiger partial charge in [0.1, 0.15) is 5.75 Å². The first-order valence-corrected chi connectivity index (χ1v) is 11.3. The smallest absolute Gasteiger partial charge is 0.178 e. The molecule has 4 aromatic carbocycles. The molecule has 0 amide bonds. The van der Waals surface area contributed by atoms with Crippen LogP contribution < -0.4 is 4.74 Å². The molecule has 2 heteroatoms. The lowest BCUT2D eigenvalue weighted by molar-refractivity contribution is 0.161. The highest BCUT2D eigenvalue weighted by atomic mass is 32.1. The predicted octanol–water partition coefficient (Wildman–Crippen LogP) is 7.92. The first kappa shape index (κ1) is 18.2. The van der Waals surface area contributed by atoms with E-state index in [9.17, 15) is 0 Å². The molecule has 6 rings (SSSR count). The van der Waals surface area contributed by atoms with Gasteiger partial charge in [-0.25, -0.2) is 0 Å². The average Bonchev–Trinajstić information content (AvgIpc) is 3.39. The molecule has 0 bridgehead atoms. The fourth-order valence-electron chi connectivity index (χ4n) is 4.52. The van der Waals surface area contributed by atoms with Crippen LogP contribution in [0.3, 0.4) is 0 Å². The van der Waals surface area contributed by atoms with Crippen molar-refractivity contribution in [1.29, 1.82) is 0 Å². The summed E-state index contributed by atoms with van der Waals surface area (Å²) in [5.41, 5.74) is 3.93. The van der Waals surface area contributed by atoms with Gasteiger partial charge in [0.05, 0.1) is 0 Å². The van der Waals surface area contributed by atoms with Crippen molar-refractivity contribution in [3.63, 3.8) is 0 Å². The maximum Gasteiger partial charge on any atom is 0.178 e. The molecule has 31 heavy (non-hydrogen) atoms. The number of hydrogen-bond acceptors (Lipinski definition) is 2. The monoisotopic (exact) mass is 416 g/mol. The van der Waals surface area contributed by atoms with Gasteiger partial charge in [0.2, 0.25) is 0 Å². The number of thiophene rings is 1. The Labute approximate surface area is 185 Å². The van der Waals surface area contributed by atoms with Gasteiger partial charge >= 0.3 is 0 Å². The van der Waals surface area contributed by atoms with Crippen LogP contribution in [-0.2, 0) is 5.60 Å². The van der Waals surface area contributed by atoms with Crippen LogP contribution in [0.15, 0.2) is 115 Å². The number of rotatable bonds is 3. The molecule has 0 unspecified atom stereocenters. The largest absolute Gasteiger partial charge is 0.473 e. The van der Waals surface area contributed by atoms with Gasteiger partial charge in [-0.2, -0.15) is 0 Å². The fourth-order valence-corrected chi connectivity index (χ4v) is 5.28. The highest BCUT2D eigenvalue weighted by Gasteiger charge is 2.37. The first-order chi connectivity index (χ1) is 15.4. The highest BCUT2D eigenvalue weighted by molar-refractivity contribution is 7.13. The molecule has 2 heterocycles. The van der Waals surface area contributed by atoms with Gasteiger partial charge in [-0.3, -0.25) is 0 Å². The van der Waals surface area contributed by atoms with Crippen LogP contribution in [0.5, 0.6) is 5.75 Å². The SMILES string of the molecule is C1=CC(c2ccccc2)(c2ccccc2)Oc2cc(-c3cccs3)c3ccccc3c21. The molecule has 1 aliphatic rings. The number of benzene rings is 4. The van der Waals surface area contributed by atoms with Crippen LogP contribution in [0.25, 0.3) is 27.3 Å². The van der Waals surface area contributed by atoms with Crippen LogP contribution in [0.2, 0.25) is 0 Å². The van der Waals surface area contributed by atoms with E-state index < -0.39 is 5.60 Å². The van der Waals surface area contributed by atoms with Crippen LogP contribution in [0.4, 0.5) is 0 Å². The van der Waals surface area contributed by atoms with Gasteiger partial charge in [0, 0.05) is 27.1 Å². The van der Waals surface area contributed by atoms with E-state index in [2.05, 4.69) is 109 Å². The lowest BCUT2D eigenvalue weighted by Gasteiger charge is -2.36.